The van der Waals surface area contributed by atoms with Crippen molar-refractivity contribution >= 4 is 51.2 Å². The summed E-state index contributed by atoms with van der Waals surface area (Å²) in [7, 11) is -3.60. The van der Waals surface area contributed by atoms with Gasteiger partial charge in [-0.15, -0.1) is 0 Å². The second-order valence-electron chi connectivity index (χ2n) is 7.04. The molecule has 1 atom stereocenters. The molecule has 15 heteroatoms. The van der Waals surface area contributed by atoms with Gasteiger partial charge >= 0.3 is 5.97 Å². The van der Waals surface area contributed by atoms with Crippen molar-refractivity contribution in [1.82, 2.24) is 24.9 Å². The Bertz CT molecular complexity index is 1280. The van der Waals surface area contributed by atoms with E-state index in [0.29, 0.717) is 22.1 Å². The summed E-state index contributed by atoms with van der Waals surface area (Å²) in [6, 6.07) is 12.5. The quantitative estimate of drug-likeness (QED) is 0.156. The van der Waals surface area contributed by atoms with E-state index in [2.05, 4.69) is 25.6 Å². The van der Waals surface area contributed by atoms with Gasteiger partial charge in [-0.05, 0) is 54.7 Å². The van der Waals surface area contributed by atoms with E-state index in [4.69, 9.17) is 28.6 Å². The highest BCUT2D eigenvalue weighted by Gasteiger charge is 2.27. The molecule has 12 nitrogen and oxygen atoms in total. The van der Waals surface area contributed by atoms with Crippen LogP contribution < -0.4 is 14.9 Å². The Labute approximate surface area is 205 Å². The van der Waals surface area contributed by atoms with E-state index < -0.39 is 22.0 Å². The van der Waals surface area contributed by atoms with Gasteiger partial charge in [0.05, 0.1) is 11.9 Å². The second-order valence-corrected chi connectivity index (χ2v) is 9.68. The monoisotopic (exact) mass is 527 g/mol. The minimum Gasteiger partial charge on any atom is -0.480 e. The average Bonchev–Trinajstić information content (AvgIpc) is 3.21. The number of aromatic amines is 1. The zero-order valence-electron chi connectivity index (χ0n) is 17.9. The molecule has 3 rings (SSSR count). The Kier molecular flexibility index (Phi) is 8.57. The number of carboxylic acid groups (broad SMARTS) is 1. The van der Waals surface area contributed by atoms with Crippen LogP contribution in [0.5, 0.6) is 0 Å². The minimum absolute atomic E-state index is 0.0337. The zero-order valence-corrected chi connectivity index (χ0v) is 20.3. The molecule has 0 amide bonds. The zero-order chi connectivity index (χ0) is 24.7. The number of aromatic nitrogens is 4. The van der Waals surface area contributed by atoms with Crippen LogP contribution in [0.15, 0.2) is 48.5 Å². The van der Waals surface area contributed by atoms with E-state index in [9.17, 15) is 18.3 Å². The molecule has 0 fully saturated rings. The fourth-order valence-electron chi connectivity index (χ4n) is 2.94. The molecule has 0 aliphatic carbocycles. The molecular weight excluding hydrogens is 506 g/mol. The van der Waals surface area contributed by atoms with Crippen LogP contribution in [0.2, 0.25) is 5.02 Å². The number of halogens is 1. The van der Waals surface area contributed by atoms with Crippen molar-refractivity contribution in [3.8, 4) is 5.69 Å². The molecule has 4 N–H and O–H groups in total. The number of carbonyl (C=O) groups is 1. The number of tetrazole rings is 1. The number of benzene rings is 2. The lowest BCUT2D eigenvalue weighted by Crippen LogP contribution is -2.49. The lowest BCUT2D eigenvalue weighted by Gasteiger charge is -2.30. The predicted octanol–water partition coefficient (Wildman–Crippen LogP) is 1.83. The summed E-state index contributed by atoms with van der Waals surface area (Å²) < 4.78 is 32.7. The topological polar surface area (TPSA) is 154 Å². The van der Waals surface area contributed by atoms with Gasteiger partial charge in [-0.3, -0.25) is 0 Å². The van der Waals surface area contributed by atoms with E-state index in [0.717, 1.165) is 6.26 Å². The first-order valence-corrected chi connectivity index (χ1v) is 12.4. The summed E-state index contributed by atoms with van der Waals surface area (Å²) in [5.41, 5.74) is 1.91. The maximum Gasteiger partial charge on any atom is 0.327 e. The number of hydrogen-bond donors (Lipinski definition) is 4. The van der Waals surface area contributed by atoms with Crippen LogP contribution >= 0.6 is 23.8 Å². The molecule has 0 spiro atoms. The van der Waals surface area contributed by atoms with Gasteiger partial charge in [0, 0.05) is 22.9 Å². The number of anilines is 2. The van der Waals surface area contributed by atoms with E-state index in [1.807, 2.05) is 12.1 Å². The van der Waals surface area contributed by atoms with Crippen molar-refractivity contribution in [2.75, 3.05) is 36.5 Å². The largest absolute Gasteiger partial charge is 0.480 e. The molecule has 182 valence electrons. The van der Waals surface area contributed by atoms with Crippen molar-refractivity contribution in [3.05, 3.63) is 58.3 Å². The first kappa shape index (κ1) is 25.6. The Hall–Kier alpha value is -3.04. The molecule has 0 aliphatic rings. The third kappa shape index (κ3) is 7.23. The molecule has 34 heavy (non-hydrogen) atoms. The Morgan fingerprint density at radius 3 is 2.68 bits per heavy atom. The first-order chi connectivity index (χ1) is 16.1. The van der Waals surface area contributed by atoms with Crippen LogP contribution in [0.3, 0.4) is 0 Å². The predicted molar refractivity (Wildman–Crippen MR) is 129 cm³/mol. The van der Waals surface area contributed by atoms with Gasteiger partial charge in [-0.2, -0.15) is 5.21 Å². The van der Waals surface area contributed by atoms with Crippen LogP contribution in [0, 0.1) is 4.77 Å². The Balaban J connectivity index is 1.69. The number of ether oxygens (including phenoxy) is 1. The van der Waals surface area contributed by atoms with Gasteiger partial charge in [-0.25, -0.2) is 22.6 Å². The van der Waals surface area contributed by atoms with Crippen molar-refractivity contribution in [1.29, 1.82) is 0 Å². The van der Waals surface area contributed by atoms with Gasteiger partial charge in [0.15, 0.2) is 0 Å². The summed E-state index contributed by atoms with van der Waals surface area (Å²) >= 11 is 11.0. The third-order valence-corrected chi connectivity index (χ3v) is 5.75. The standard InChI is InChI=1S/C19H22ClN7O5S2/c1-34(30,31)22-10-17(18(28)29)26(15-7-5-13(20)6-8-15)12-32-11-21-14-3-2-4-16(9-14)27-19(33)23-24-25-27/h2-9,17,21-22H,10-12H2,1H3,(H,28,29)(H,23,25,33). The lowest BCUT2D eigenvalue weighted by molar-refractivity contribution is -0.138. The number of hydrogen-bond acceptors (Lipinski definition) is 9. The van der Waals surface area contributed by atoms with E-state index in [-0.39, 0.29) is 24.8 Å². The number of aliphatic carboxylic acids is 1. The van der Waals surface area contributed by atoms with Gasteiger partial charge in [0.25, 0.3) is 0 Å². The molecule has 3 aromatic rings. The number of nitrogens with one attached hydrogen (secondary N) is 3. The molecule has 0 bridgehead atoms. The van der Waals surface area contributed by atoms with Crippen LogP contribution in [0.1, 0.15) is 0 Å². The third-order valence-electron chi connectivity index (χ3n) is 4.54. The molecule has 0 radical (unpaired) electrons. The van der Waals surface area contributed by atoms with Gasteiger partial charge in [0.2, 0.25) is 14.8 Å². The smallest absolute Gasteiger partial charge is 0.327 e. The van der Waals surface area contributed by atoms with E-state index in [1.165, 1.54) is 9.58 Å². The fourth-order valence-corrected chi connectivity index (χ4v) is 3.71. The number of nitrogens with zero attached hydrogens (tertiary/aromatic N) is 4. The highest BCUT2D eigenvalue weighted by molar-refractivity contribution is 7.88. The van der Waals surface area contributed by atoms with E-state index >= 15 is 0 Å². The van der Waals surface area contributed by atoms with Crippen molar-refractivity contribution < 1.29 is 23.1 Å². The fraction of sp³-hybridized carbons (Fsp3) is 0.263. The number of H-pyrrole nitrogens is 1. The van der Waals surface area contributed by atoms with Crippen LogP contribution in [-0.4, -0.2) is 72.0 Å². The molecule has 0 saturated heterocycles. The average molecular weight is 528 g/mol. The van der Waals surface area contributed by atoms with Crippen molar-refractivity contribution in [3.63, 3.8) is 0 Å². The highest BCUT2D eigenvalue weighted by Crippen LogP contribution is 2.21. The summed E-state index contributed by atoms with van der Waals surface area (Å²) in [6.45, 7) is -0.466. The van der Waals surface area contributed by atoms with Crippen LogP contribution in [-0.2, 0) is 19.6 Å². The Morgan fingerprint density at radius 2 is 2.06 bits per heavy atom. The SMILES string of the molecule is CS(=O)(=O)NCC(C(=O)O)N(COCNc1cccc(-n2[nH]nnc2=S)c1)c1ccc(Cl)cc1. The molecular formula is C19H22ClN7O5S2. The maximum absolute atomic E-state index is 11.9. The van der Waals surface area contributed by atoms with Crippen LogP contribution in [0.25, 0.3) is 5.69 Å². The van der Waals surface area contributed by atoms with Crippen molar-refractivity contribution in [2.24, 2.45) is 0 Å². The normalized spacial score (nSPS) is 12.3. The van der Waals surface area contributed by atoms with Gasteiger partial charge in [0.1, 0.15) is 19.5 Å². The summed E-state index contributed by atoms with van der Waals surface area (Å²) in [4.78, 5) is 13.4. The highest BCUT2D eigenvalue weighted by atomic mass is 35.5. The molecule has 2 aromatic carbocycles. The molecule has 1 heterocycles. The molecule has 0 aliphatic heterocycles. The van der Waals surface area contributed by atoms with Gasteiger partial charge in [-0.1, -0.05) is 28.0 Å². The lowest BCUT2D eigenvalue weighted by atomic mass is 10.2. The molecule has 1 aromatic heterocycles. The number of sulfonamides is 1. The Morgan fingerprint density at radius 1 is 1.32 bits per heavy atom. The van der Waals surface area contributed by atoms with Crippen LogP contribution in [0.4, 0.5) is 11.4 Å². The first-order valence-electron chi connectivity index (χ1n) is 9.76. The molecule has 0 saturated carbocycles. The number of carboxylic acids is 1. The maximum atomic E-state index is 11.9. The van der Waals surface area contributed by atoms with Crippen molar-refractivity contribution in [2.45, 2.75) is 6.04 Å². The van der Waals surface area contributed by atoms with E-state index in [1.54, 1.807) is 36.4 Å². The minimum atomic E-state index is -3.60. The summed E-state index contributed by atoms with van der Waals surface area (Å²) in [5.74, 6) is -1.22. The number of rotatable bonds is 12. The summed E-state index contributed by atoms with van der Waals surface area (Å²) in [6.07, 6.45) is 0.958. The second kappa shape index (κ2) is 11.4. The van der Waals surface area contributed by atoms with Gasteiger partial charge < -0.3 is 20.1 Å². The molecule has 1 unspecified atom stereocenters. The summed E-state index contributed by atoms with van der Waals surface area (Å²) in [5, 5.41) is 23.3.